The van der Waals surface area contributed by atoms with E-state index in [1.165, 1.54) is 6.07 Å². The largest absolute Gasteiger partial charge is 0.417 e. The third-order valence-corrected chi connectivity index (χ3v) is 10.9. The maximum atomic E-state index is 13.5. The molecule has 4 aliphatic rings. The van der Waals surface area contributed by atoms with Crippen molar-refractivity contribution in [2.45, 2.75) is 75.3 Å². The Morgan fingerprint density at radius 2 is 1.78 bits per heavy atom. The number of alkyl halides is 3. The van der Waals surface area contributed by atoms with Gasteiger partial charge < -0.3 is 14.6 Å². The molecule has 10 nitrogen and oxygen atoms in total. The highest BCUT2D eigenvalue weighted by Crippen LogP contribution is 2.39. The van der Waals surface area contributed by atoms with Gasteiger partial charge in [-0.25, -0.2) is 8.42 Å². The molecule has 0 spiro atoms. The number of sulfonamides is 1. The van der Waals surface area contributed by atoms with E-state index in [9.17, 15) is 26.4 Å². The van der Waals surface area contributed by atoms with E-state index in [2.05, 4.69) is 20.4 Å². The van der Waals surface area contributed by atoms with Gasteiger partial charge in [0.05, 0.1) is 36.1 Å². The Kier molecular flexibility index (Phi) is 7.85. The number of amides is 1. The van der Waals surface area contributed by atoms with Gasteiger partial charge in [-0.15, -0.1) is 0 Å². The summed E-state index contributed by atoms with van der Waals surface area (Å²) in [5.74, 6) is 0.590. The Balaban J connectivity index is 0.983. The zero-order valence-corrected chi connectivity index (χ0v) is 23.4. The summed E-state index contributed by atoms with van der Waals surface area (Å²) in [4.78, 5) is 18.8. The summed E-state index contributed by atoms with van der Waals surface area (Å²) < 4.78 is 77.6. The van der Waals surface area contributed by atoms with Gasteiger partial charge in [0.2, 0.25) is 10.0 Å². The van der Waals surface area contributed by atoms with Crippen LogP contribution in [0, 0.1) is 5.92 Å². The molecular weight excluding hydrogens is 563 g/mol. The van der Waals surface area contributed by atoms with E-state index in [1.807, 2.05) is 0 Å². The Morgan fingerprint density at radius 3 is 2.37 bits per heavy atom. The number of fused-ring (bicyclic) bond motifs is 2. The van der Waals surface area contributed by atoms with Crippen LogP contribution in [0.2, 0.25) is 0 Å². The van der Waals surface area contributed by atoms with E-state index in [-0.39, 0.29) is 47.3 Å². The second kappa shape index (κ2) is 11.3. The van der Waals surface area contributed by atoms with Crippen molar-refractivity contribution in [3.05, 3.63) is 47.1 Å². The molecule has 0 aliphatic carbocycles. The summed E-state index contributed by atoms with van der Waals surface area (Å²) in [5, 5.41) is 6.93. The number of carbonyl (C=O) groups excluding carboxylic acids is 1. The monoisotopic (exact) mass is 597 g/mol. The number of hydrogen-bond acceptors (Lipinski definition) is 8. The standard InChI is InChI=1S/C27H34F3N5O5S/c28-27(29,30)19-1-2-20(31-12-19)13-34-7-5-17(6-8-34)16-41(37,38)35-22-3-4-23(35)10-21(9-22)32-26(36)24-11-25(40-33-24)18-14-39-15-18/h1-2,11-12,17-18,21-23H,3-10,13-16H2,(H,32,36)/t21?,22-,23?/m1/s1. The number of nitrogens with one attached hydrogen (secondary N) is 1. The molecule has 2 unspecified atom stereocenters. The van der Waals surface area contributed by atoms with Crippen LogP contribution in [0.4, 0.5) is 13.2 Å². The lowest BCUT2D eigenvalue weighted by Crippen LogP contribution is -2.53. The normalized spacial score (nSPS) is 26.7. The van der Waals surface area contributed by atoms with Gasteiger partial charge in [0.25, 0.3) is 5.91 Å². The molecular formula is C27H34F3N5O5S. The van der Waals surface area contributed by atoms with Gasteiger partial charge in [-0.05, 0) is 69.7 Å². The highest BCUT2D eigenvalue weighted by molar-refractivity contribution is 7.89. The topological polar surface area (TPSA) is 118 Å². The quantitative estimate of drug-likeness (QED) is 0.493. The molecule has 4 fully saturated rings. The van der Waals surface area contributed by atoms with Gasteiger partial charge >= 0.3 is 6.18 Å². The summed E-state index contributed by atoms with van der Waals surface area (Å²) in [6, 6.07) is 3.71. The van der Waals surface area contributed by atoms with Crippen molar-refractivity contribution in [2.75, 3.05) is 32.1 Å². The average Bonchev–Trinajstić information content (AvgIpc) is 3.47. The van der Waals surface area contributed by atoms with Crippen LogP contribution < -0.4 is 5.32 Å². The SMILES string of the molecule is O=C(NC1CC2CC[C@H](C1)N2S(=O)(=O)CC1CCN(Cc2ccc(C(F)(F)F)cn2)CC1)c1cc(C2COC2)on1. The number of aromatic nitrogens is 2. The number of rotatable bonds is 8. The van der Waals surface area contributed by atoms with Crippen LogP contribution >= 0.6 is 0 Å². The summed E-state index contributed by atoms with van der Waals surface area (Å²) in [6.45, 7) is 2.89. The molecule has 0 radical (unpaired) electrons. The fraction of sp³-hybridized carbons (Fsp3) is 0.667. The first-order chi connectivity index (χ1) is 19.5. The van der Waals surface area contributed by atoms with Crippen molar-refractivity contribution < 1.29 is 35.6 Å². The molecule has 3 atom stereocenters. The number of halogens is 3. The molecule has 4 saturated heterocycles. The van der Waals surface area contributed by atoms with Crippen molar-refractivity contribution in [3.8, 4) is 0 Å². The molecule has 2 aromatic rings. The van der Waals surface area contributed by atoms with Crippen LogP contribution in [0.5, 0.6) is 0 Å². The van der Waals surface area contributed by atoms with E-state index in [1.54, 1.807) is 10.4 Å². The predicted molar refractivity (Wildman–Crippen MR) is 140 cm³/mol. The Bertz CT molecular complexity index is 1330. The number of nitrogens with zero attached hydrogens (tertiary/aromatic N) is 4. The molecule has 6 rings (SSSR count). The van der Waals surface area contributed by atoms with Crippen LogP contribution in [0.3, 0.4) is 0 Å². The second-order valence-electron chi connectivity index (χ2n) is 11.7. The minimum absolute atomic E-state index is 0.0241. The average molecular weight is 598 g/mol. The number of ether oxygens (including phenoxy) is 1. The van der Waals surface area contributed by atoms with Crippen LogP contribution in [-0.4, -0.2) is 83.9 Å². The zero-order valence-electron chi connectivity index (χ0n) is 22.6. The van der Waals surface area contributed by atoms with E-state index < -0.39 is 21.8 Å². The van der Waals surface area contributed by atoms with Crippen LogP contribution in [0.15, 0.2) is 28.9 Å². The molecule has 2 bridgehead atoms. The van der Waals surface area contributed by atoms with Crippen LogP contribution in [0.25, 0.3) is 0 Å². The van der Waals surface area contributed by atoms with E-state index >= 15 is 0 Å². The number of pyridine rings is 1. The maximum Gasteiger partial charge on any atom is 0.417 e. The zero-order chi connectivity index (χ0) is 28.8. The Morgan fingerprint density at radius 1 is 1.07 bits per heavy atom. The molecule has 1 N–H and O–H groups in total. The lowest BCUT2D eigenvalue weighted by atomic mass is 9.99. The van der Waals surface area contributed by atoms with Gasteiger partial charge in [-0.2, -0.15) is 17.5 Å². The van der Waals surface area contributed by atoms with Crippen molar-refractivity contribution in [3.63, 3.8) is 0 Å². The third-order valence-electron chi connectivity index (χ3n) is 8.82. The lowest BCUT2D eigenvalue weighted by molar-refractivity contribution is -0.137. The summed E-state index contributed by atoms with van der Waals surface area (Å²) >= 11 is 0. The van der Waals surface area contributed by atoms with Crippen LogP contribution in [0.1, 0.15) is 71.9 Å². The lowest BCUT2D eigenvalue weighted by Gasteiger charge is -2.39. The fourth-order valence-electron chi connectivity index (χ4n) is 6.56. The van der Waals surface area contributed by atoms with Gasteiger partial charge in [-0.1, -0.05) is 5.16 Å². The maximum absolute atomic E-state index is 13.5. The van der Waals surface area contributed by atoms with Crippen molar-refractivity contribution in [1.29, 1.82) is 0 Å². The predicted octanol–water partition coefficient (Wildman–Crippen LogP) is 3.17. The Labute approximate surface area is 236 Å². The molecule has 14 heteroatoms. The van der Waals surface area contributed by atoms with Crippen molar-refractivity contribution >= 4 is 15.9 Å². The first-order valence-electron chi connectivity index (χ1n) is 14.2. The summed E-state index contributed by atoms with van der Waals surface area (Å²) in [7, 11) is -3.48. The van der Waals surface area contributed by atoms with E-state index in [4.69, 9.17) is 9.26 Å². The smallest absolute Gasteiger partial charge is 0.380 e. The van der Waals surface area contributed by atoms with Gasteiger partial charge in [-0.3, -0.25) is 14.7 Å². The van der Waals surface area contributed by atoms with Gasteiger partial charge in [0.1, 0.15) is 5.76 Å². The highest BCUT2D eigenvalue weighted by atomic mass is 32.2. The molecule has 1 amide bonds. The Hall–Kier alpha value is -2.55. The molecule has 2 aromatic heterocycles. The molecule has 0 aromatic carbocycles. The summed E-state index contributed by atoms with van der Waals surface area (Å²) in [5.41, 5.74) is 0.0246. The minimum atomic E-state index is -4.41. The van der Waals surface area contributed by atoms with Gasteiger partial charge in [0, 0.05) is 36.9 Å². The molecule has 0 saturated carbocycles. The van der Waals surface area contributed by atoms with Crippen molar-refractivity contribution in [2.24, 2.45) is 5.92 Å². The molecule has 4 aliphatic heterocycles. The number of carbonyl (C=O) groups is 1. The molecule has 6 heterocycles. The first kappa shape index (κ1) is 28.6. The van der Waals surface area contributed by atoms with E-state index in [0.29, 0.717) is 70.0 Å². The second-order valence-corrected chi connectivity index (χ2v) is 13.7. The number of hydrogen-bond donors (Lipinski definition) is 1. The summed E-state index contributed by atoms with van der Waals surface area (Å²) in [6.07, 6.45) is 0.555. The van der Waals surface area contributed by atoms with Crippen LogP contribution in [-0.2, 0) is 27.5 Å². The van der Waals surface area contributed by atoms with Gasteiger partial charge in [0.15, 0.2) is 5.69 Å². The highest BCUT2D eigenvalue weighted by Gasteiger charge is 2.47. The number of likely N-dealkylation sites (tertiary alicyclic amines) is 1. The molecule has 41 heavy (non-hydrogen) atoms. The first-order valence-corrected chi connectivity index (χ1v) is 15.8. The number of piperidine rings is 2. The minimum Gasteiger partial charge on any atom is -0.380 e. The van der Waals surface area contributed by atoms with E-state index in [0.717, 1.165) is 25.1 Å². The third kappa shape index (κ3) is 6.30. The molecule has 224 valence electrons. The fourth-order valence-corrected chi connectivity index (χ4v) is 8.96. The van der Waals surface area contributed by atoms with Crippen molar-refractivity contribution in [1.82, 2.24) is 24.7 Å².